The summed E-state index contributed by atoms with van der Waals surface area (Å²) in [5, 5.41) is 17.0. The van der Waals surface area contributed by atoms with Crippen LogP contribution in [0.25, 0.3) is 0 Å². The zero-order valence-corrected chi connectivity index (χ0v) is 18.7. The minimum Gasteiger partial charge on any atom is -0.497 e. The molecule has 0 amide bonds. The number of rotatable bonds is 10. The van der Waals surface area contributed by atoms with Gasteiger partial charge in [-0.2, -0.15) is 11.8 Å². The van der Waals surface area contributed by atoms with E-state index in [1.807, 2.05) is 13.2 Å². The molecule has 3 N–H and O–H groups in total. The molecule has 30 heavy (non-hydrogen) atoms. The lowest BCUT2D eigenvalue weighted by Crippen LogP contribution is -2.39. The Bertz CT molecular complexity index is 848. The highest BCUT2D eigenvalue weighted by Crippen LogP contribution is 2.29. The van der Waals surface area contributed by atoms with E-state index in [4.69, 9.17) is 9.47 Å². The lowest BCUT2D eigenvalue weighted by Gasteiger charge is -2.18. The second-order valence-corrected chi connectivity index (χ2v) is 7.41. The fourth-order valence-corrected chi connectivity index (χ4v) is 3.53. The van der Waals surface area contributed by atoms with Crippen LogP contribution in [0.15, 0.2) is 41.4 Å². The van der Waals surface area contributed by atoms with Crippen LogP contribution >= 0.6 is 11.8 Å². The molecule has 164 valence electrons. The average molecular weight is 436 g/mol. The van der Waals surface area contributed by atoms with E-state index in [2.05, 4.69) is 15.6 Å². The molecule has 1 unspecified atom stereocenters. The van der Waals surface area contributed by atoms with E-state index >= 15 is 0 Å². The molecule has 0 spiro atoms. The van der Waals surface area contributed by atoms with Gasteiger partial charge in [0.1, 0.15) is 17.3 Å². The van der Waals surface area contributed by atoms with Gasteiger partial charge in [-0.15, -0.1) is 0 Å². The number of aliphatic hydroxyl groups is 1. The minimum atomic E-state index is -0.822. The van der Waals surface area contributed by atoms with Crippen LogP contribution in [-0.2, 0) is 12.3 Å². The third-order valence-electron chi connectivity index (χ3n) is 4.48. The van der Waals surface area contributed by atoms with Gasteiger partial charge in [0.2, 0.25) is 0 Å². The molecule has 0 fully saturated rings. The molecule has 0 saturated heterocycles. The molecule has 0 heterocycles. The molecule has 0 aliphatic carbocycles. The van der Waals surface area contributed by atoms with Crippen LogP contribution in [0.5, 0.6) is 11.5 Å². The van der Waals surface area contributed by atoms with Crippen molar-refractivity contribution in [1.82, 2.24) is 10.6 Å². The van der Waals surface area contributed by atoms with Gasteiger partial charge in [-0.3, -0.25) is 0 Å². The van der Waals surface area contributed by atoms with Gasteiger partial charge in [-0.1, -0.05) is 6.07 Å². The smallest absolute Gasteiger partial charge is 0.191 e. The zero-order valence-electron chi connectivity index (χ0n) is 17.9. The van der Waals surface area contributed by atoms with Crippen molar-refractivity contribution in [3.05, 3.63) is 58.9 Å². The van der Waals surface area contributed by atoms with Gasteiger partial charge in [0.05, 0.1) is 26.9 Å². The summed E-state index contributed by atoms with van der Waals surface area (Å²) in [5.41, 5.74) is 2.53. The van der Waals surface area contributed by atoms with E-state index in [-0.39, 0.29) is 12.4 Å². The molecule has 6 nitrogen and oxygen atoms in total. The Morgan fingerprint density at radius 3 is 2.60 bits per heavy atom. The Hall–Kier alpha value is -2.45. The fourth-order valence-electron chi connectivity index (χ4n) is 2.95. The van der Waals surface area contributed by atoms with Gasteiger partial charge in [-0.05, 0) is 54.6 Å². The number of thioether (sulfide) groups is 1. The number of aliphatic imine (C=N–C) groups is 1. The predicted octanol–water partition coefficient (Wildman–Crippen LogP) is 3.49. The number of aliphatic hydroxyl groups excluding tert-OH is 1. The van der Waals surface area contributed by atoms with Gasteiger partial charge >= 0.3 is 0 Å². The van der Waals surface area contributed by atoms with Crippen LogP contribution in [0.2, 0.25) is 0 Å². The Labute approximate surface area is 181 Å². The molecule has 0 radical (unpaired) electrons. The number of benzene rings is 2. The first-order valence-corrected chi connectivity index (χ1v) is 11.1. The summed E-state index contributed by atoms with van der Waals surface area (Å²) in [4.78, 5) is 4.59. The SMILES string of the molecule is CCNC(=NCc1ccc(F)cc1CSC)NCC(O)c1cc(OC)ccc1OC. The van der Waals surface area contributed by atoms with Crippen molar-refractivity contribution in [1.29, 1.82) is 0 Å². The van der Waals surface area contributed by atoms with Crippen molar-refractivity contribution in [2.75, 3.05) is 33.6 Å². The molecular weight excluding hydrogens is 405 g/mol. The lowest BCUT2D eigenvalue weighted by molar-refractivity contribution is 0.176. The van der Waals surface area contributed by atoms with E-state index in [9.17, 15) is 9.50 Å². The Morgan fingerprint density at radius 2 is 1.93 bits per heavy atom. The van der Waals surface area contributed by atoms with Gasteiger partial charge in [-0.25, -0.2) is 9.38 Å². The number of methoxy groups -OCH3 is 2. The molecule has 0 aromatic heterocycles. The van der Waals surface area contributed by atoms with Crippen molar-refractivity contribution in [3.63, 3.8) is 0 Å². The average Bonchev–Trinajstić information content (AvgIpc) is 2.76. The number of guanidine groups is 1. The van der Waals surface area contributed by atoms with Gasteiger partial charge < -0.3 is 25.2 Å². The summed E-state index contributed by atoms with van der Waals surface area (Å²) in [6.07, 6.45) is 1.16. The number of ether oxygens (including phenoxy) is 2. The van der Waals surface area contributed by atoms with E-state index in [0.29, 0.717) is 36.1 Å². The van der Waals surface area contributed by atoms with E-state index in [1.54, 1.807) is 56.3 Å². The monoisotopic (exact) mass is 435 g/mol. The standard InChI is InChI=1S/C22H30FN3O3S/c1-5-24-22(25-12-15-6-7-17(23)10-16(15)14-30-4)26-13-20(27)19-11-18(28-2)8-9-21(19)29-3/h6-11,20,27H,5,12-14H2,1-4H3,(H2,24,25,26). The van der Waals surface area contributed by atoms with Crippen molar-refractivity contribution in [2.24, 2.45) is 4.99 Å². The van der Waals surface area contributed by atoms with Crippen LogP contribution in [0.4, 0.5) is 4.39 Å². The first kappa shape index (κ1) is 23.8. The van der Waals surface area contributed by atoms with Crippen LogP contribution in [0, 0.1) is 5.82 Å². The first-order valence-electron chi connectivity index (χ1n) is 9.70. The Kier molecular flexibility index (Phi) is 9.76. The third kappa shape index (κ3) is 6.81. The summed E-state index contributed by atoms with van der Waals surface area (Å²) in [7, 11) is 3.14. The van der Waals surface area contributed by atoms with Crippen LogP contribution in [0.1, 0.15) is 29.7 Å². The zero-order chi connectivity index (χ0) is 21.9. The summed E-state index contributed by atoms with van der Waals surface area (Å²) in [5.74, 6) is 2.27. The van der Waals surface area contributed by atoms with E-state index in [0.717, 1.165) is 16.9 Å². The highest BCUT2D eigenvalue weighted by Gasteiger charge is 2.15. The highest BCUT2D eigenvalue weighted by molar-refractivity contribution is 7.97. The second-order valence-electron chi connectivity index (χ2n) is 6.55. The number of nitrogens with zero attached hydrogens (tertiary/aromatic N) is 1. The van der Waals surface area contributed by atoms with Crippen molar-refractivity contribution >= 4 is 17.7 Å². The quantitative estimate of drug-likeness (QED) is 0.392. The maximum atomic E-state index is 13.6. The molecule has 0 bridgehead atoms. The number of nitrogens with one attached hydrogen (secondary N) is 2. The molecule has 1 atom stereocenters. The summed E-state index contributed by atoms with van der Waals surface area (Å²) >= 11 is 1.64. The molecule has 8 heteroatoms. The molecule has 2 aromatic rings. The van der Waals surface area contributed by atoms with Gasteiger partial charge in [0, 0.05) is 24.4 Å². The van der Waals surface area contributed by atoms with Crippen molar-refractivity contribution in [3.8, 4) is 11.5 Å². The van der Waals surface area contributed by atoms with Crippen molar-refractivity contribution in [2.45, 2.75) is 25.3 Å². The fraction of sp³-hybridized carbons (Fsp3) is 0.409. The number of halogens is 1. The second kappa shape index (κ2) is 12.3. The maximum Gasteiger partial charge on any atom is 0.191 e. The summed E-state index contributed by atoms with van der Waals surface area (Å²) < 4.78 is 24.2. The molecule has 0 aliphatic heterocycles. The minimum absolute atomic E-state index is 0.233. The molecule has 2 rings (SSSR count). The summed E-state index contributed by atoms with van der Waals surface area (Å²) in [6, 6.07) is 10.1. The first-order chi connectivity index (χ1) is 14.5. The molecular formula is C22H30FN3O3S. The lowest BCUT2D eigenvalue weighted by atomic mass is 10.1. The predicted molar refractivity (Wildman–Crippen MR) is 121 cm³/mol. The van der Waals surface area contributed by atoms with Gasteiger partial charge in [0.15, 0.2) is 5.96 Å². The maximum absolute atomic E-state index is 13.6. The van der Waals surface area contributed by atoms with E-state index < -0.39 is 6.10 Å². The van der Waals surface area contributed by atoms with Crippen molar-refractivity contribution < 1.29 is 19.0 Å². The van der Waals surface area contributed by atoms with Crippen LogP contribution < -0.4 is 20.1 Å². The van der Waals surface area contributed by atoms with Crippen LogP contribution in [0.3, 0.4) is 0 Å². The normalized spacial score (nSPS) is 12.4. The number of hydrogen-bond acceptors (Lipinski definition) is 5. The van der Waals surface area contributed by atoms with Gasteiger partial charge in [0.25, 0.3) is 0 Å². The number of hydrogen-bond donors (Lipinski definition) is 3. The molecule has 2 aromatic carbocycles. The molecule has 0 saturated carbocycles. The highest BCUT2D eigenvalue weighted by atomic mass is 32.2. The Balaban J connectivity index is 2.11. The van der Waals surface area contributed by atoms with E-state index in [1.165, 1.54) is 6.07 Å². The summed E-state index contributed by atoms with van der Waals surface area (Å²) in [6.45, 7) is 3.28. The Morgan fingerprint density at radius 1 is 1.13 bits per heavy atom. The third-order valence-corrected chi connectivity index (χ3v) is 5.08. The topological polar surface area (TPSA) is 75.1 Å². The van der Waals surface area contributed by atoms with Crippen LogP contribution in [-0.4, -0.2) is 44.6 Å². The largest absolute Gasteiger partial charge is 0.497 e. The molecule has 0 aliphatic rings.